The lowest BCUT2D eigenvalue weighted by Crippen LogP contribution is -2.32. The minimum Gasteiger partial charge on any atom is -0.354 e. The average molecular weight is 333 g/mol. The normalized spacial score (nSPS) is 11.8. The van der Waals surface area contributed by atoms with E-state index in [2.05, 4.69) is 20.6 Å². The number of anilines is 1. The van der Waals surface area contributed by atoms with Crippen LogP contribution in [0.5, 0.6) is 0 Å². The SMILES string of the molecule is CCC(C)NC(=O)c1cnc(NCCc2ccc(Cl)cc2)nc1. The lowest BCUT2D eigenvalue weighted by atomic mass is 10.1. The number of rotatable bonds is 7. The second-order valence-electron chi connectivity index (χ2n) is 5.38. The van der Waals surface area contributed by atoms with Crippen molar-refractivity contribution in [3.63, 3.8) is 0 Å². The van der Waals surface area contributed by atoms with E-state index in [1.165, 1.54) is 18.0 Å². The minimum atomic E-state index is -0.146. The van der Waals surface area contributed by atoms with Gasteiger partial charge in [-0.1, -0.05) is 30.7 Å². The van der Waals surface area contributed by atoms with Gasteiger partial charge in [0.25, 0.3) is 5.91 Å². The van der Waals surface area contributed by atoms with Crippen LogP contribution in [-0.2, 0) is 6.42 Å². The molecule has 1 aromatic carbocycles. The van der Waals surface area contributed by atoms with E-state index in [4.69, 9.17) is 11.6 Å². The number of carbonyl (C=O) groups excluding carboxylic acids is 1. The highest BCUT2D eigenvalue weighted by atomic mass is 35.5. The Morgan fingerprint density at radius 2 is 1.87 bits per heavy atom. The summed E-state index contributed by atoms with van der Waals surface area (Å²) in [6.07, 6.45) is 4.80. The van der Waals surface area contributed by atoms with Crippen LogP contribution in [-0.4, -0.2) is 28.5 Å². The maximum absolute atomic E-state index is 11.9. The molecule has 0 saturated heterocycles. The molecule has 0 aliphatic carbocycles. The van der Waals surface area contributed by atoms with Crippen molar-refractivity contribution in [3.8, 4) is 0 Å². The van der Waals surface area contributed by atoms with Gasteiger partial charge in [0.1, 0.15) is 0 Å². The summed E-state index contributed by atoms with van der Waals surface area (Å²) in [5.41, 5.74) is 1.65. The summed E-state index contributed by atoms with van der Waals surface area (Å²) in [6.45, 7) is 4.70. The quantitative estimate of drug-likeness (QED) is 0.816. The molecule has 2 aromatic rings. The van der Waals surface area contributed by atoms with Crippen molar-refractivity contribution in [2.75, 3.05) is 11.9 Å². The van der Waals surface area contributed by atoms with Gasteiger partial charge >= 0.3 is 0 Å². The van der Waals surface area contributed by atoms with Gasteiger partial charge in [-0.25, -0.2) is 9.97 Å². The van der Waals surface area contributed by atoms with Gasteiger partial charge in [-0.3, -0.25) is 4.79 Å². The molecule has 1 amide bonds. The van der Waals surface area contributed by atoms with Gasteiger partial charge in [-0.15, -0.1) is 0 Å². The summed E-state index contributed by atoms with van der Waals surface area (Å²) in [5, 5.41) is 6.76. The molecular weight excluding hydrogens is 312 g/mol. The van der Waals surface area contributed by atoms with Crippen molar-refractivity contribution < 1.29 is 4.79 Å². The van der Waals surface area contributed by atoms with E-state index in [1.807, 2.05) is 38.1 Å². The summed E-state index contributed by atoms with van der Waals surface area (Å²) in [7, 11) is 0. The largest absolute Gasteiger partial charge is 0.354 e. The fourth-order valence-electron chi connectivity index (χ4n) is 1.92. The van der Waals surface area contributed by atoms with Crippen LogP contribution in [0.25, 0.3) is 0 Å². The van der Waals surface area contributed by atoms with Gasteiger partial charge in [0.15, 0.2) is 0 Å². The first-order valence-corrected chi connectivity index (χ1v) is 8.07. The zero-order chi connectivity index (χ0) is 16.7. The van der Waals surface area contributed by atoms with Gasteiger partial charge < -0.3 is 10.6 Å². The van der Waals surface area contributed by atoms with Crippen LogP contribution in [0.1, 0.15) is 36.2 Å². The standard InChI is InChI=1S/C17H21ClN4O/c1-3-12(2)22-16(23)14-10-20-17(21-11-14)19-9-8-13-4-6-15(18)7-5-13/h4-7,10-12H,3,8-9H2,1-2H3,(H,22,23)(H,19,20,21). The molecule has 0 aliphatic heterocycles. The molecule has 0 radical (unpaired) electrons. The lowest BCUT2D eigenvalue weighted by molar-refractivity contribution is 0.0938. The molecule has 0 fully saturated rings. The van der Waals surface area contributed by atoms with Gasteiger partial charge in [-0.05, 0) is 37.5 Å². The molecule has 0 aliphatic rings. The smallest absolute Gasteiger partial charge is 0.254 e. The molecule has 2 N–H and O–H groups in total. The first kappa shape index (κ1) is 17.2. The van der Waals surface area contributed by atoms with E-state index in [0.717, 1.165) is 17.9 Å². The molecular formula is C17H21ClN4O. The summed E-state index contributed by atoms with van der Waals surface area (Å²) in [5.74, 6) is 0.367. The molecule has 5 nitrogen and oxygen atoms in total. The second kappa shape index (κ2) is 8.48. The number of halogens is 1. The Bertz CT molecular complexity index is 628. The molecule has 1 unspecified atom stereocenters. The number of nitrogens with one attached hydrogen (secondary N) is 2. The molecule has 0 bridgehead atoms. The fourth-order valence-corrected chi connectivity index (χ4v) is 2.04. The first-order chi connectivity index (χ1) is 11.1. The number of nitrogens with zero attached hydrogens (tertiary/aromatic N) is 2. The van der Waals surface area contributed by atoms with Crippen molar-refractivity contribution in [2.45, 2.75) is 32.7 Å². The molecule has 6 heteroatoms. The van der Waals surface area contributed by atoms with E-state index in [0.29, 0.717) is 18.1 Å². The van der Waals surface area contributed by atoms with E-state index < -0.39 is 0 Å². The Hall–Kier alpha value is -2.14. The summed E-state index contributed by atoms with van der Waals surface area (Å²) >= 11 is 5.85. The first-order valence-electron chi connectivity index (χ1n) is 7.69. The van der Waals surface area contributed by atoms with Crippen LogP contribution in [0.4, 0.5) is 5.95 Å². The van der Waals surface area contributed by atoms with Gasteiger partial charge in [0, 0.05) is 30.0 Å². The predicted octanol–water partition coefficient (Wildman–Crippen LogP) is 3.31. The van der Waals surface area contributed by atoms with Crippen molar-refractivity contribution in [2.24, 2.45) is 0 Å². The van der Waals surface area contributed by atoms with Crippen LogP contribution in [0.3, 0.4) is 0 Å². The maximum atomic E-state index is 11.9. The van der Waals surface area contributed by atoms with Crippen LogP contribution in [0, 0.1) is 0 Å². The topological polar surface area (TPSA) is 66.9 Å². The zero-order valence-electron chi connectivity index (χ0n) is 13.3. The van der Waals surface area contributed by atoms with Crippen molar-refractivity contribution in [3.05, 3.63) is 52.8 Å². The van der Waals surface area contributed by atoms with Crippen molar-refractivity contribution in [1.82, 2.24) is 15.3 Å². The highest BCUT2D eigenvalue weighted by Gasteiger charge is 2.09. The molecule has 1 aromatic heterocycles. The number of carbonyl (C=O) groups is 1. The van der Waals surface area contributed by atoms with E-state index in [-0.39, 0.29) is 11.9 Å². The summed E-state index contributed by atoms with van der Waals surface area (Å²) in [6, 6.07) is 7.87. The third kappa shape index (κ3) is 5.53. The second-order valence-corrected chi connectivity index (χ2v) is 5.82. The van der Waals surface area contributed by atoms with Gasteiger partial charge in [0.05, 0.1) is 5.56 Å². The van der Waals surface area contributed by atoms with Crippen LogP contribution >= 0.6 is 11.6 Å². The molecule has 1 atom stereocenters. The van der Waals surface area contributed by atoms with E-state index in [1.54, 1.807) is 0 Å². The number of aromatic nitrogens is 2. The number of amides is 1. The minimum absolute atomic E-state index is 0.139. The van der Waals surface area contributed by atoms with Gasteiger partial charge in [-0.2, -0.15) is 0 Å². The van der Waals surface area contributed by atoms with Crippen LogP contribution in [0.15, 0.2) is 36.7 Å². The highest BCUT2D eigenvalue weighted by molar-refractivity contribution is 6.30. The van der Waals surface area contributed by atoms with Crippen molar-refractivity contribution in [1.29, 1.82) is 0 Å². The Labute approximate surface area is 141 Å². The molecule has 23 heavy (non-hydrogen) atoms. The fraction of sp³-hybridized carbons (Fsp3) is 0.353. The monoisotopic (exact) mass is 332 g/mol. The Kier molecular flexibility index (Phi) is 6.35. The molecule has 122 valence electrons. The molecule has 0 saturated carbocycles. The lowest BCUT2D eigenvalue weighted by Gasteiger charge is -2.11. The Balaban J connectivity index is 1.82. The molecule has 2 rings (SSSR count). The van der Waals surface area contributed by atoms with Gasteiger partial charge in [0.2, 0.25) is 5.95 Å². The van der Waals surface area contributed by atoms with Crippen molar-refractivity contribution >= 4 is 23.5 Å². The average Bonchev–Trinajstić information content (AvgIpc) is 2.57. The predicted molar refractivity (Wildman–Crippen MR) is 92.9 cm³/mol. The van der Waals surface area contributed by atoms with Crippen LogP contribution in [0.2, 0.25) is 5.02 Å². The van der Waals surface area contributed by atoms with E-state index >= 15 is 0 Å². The zero-order valence-corrected chi connectivity index (χ0v) is 14.1. The number of benzene rings is 1. The van der Waals surface area contributed by atoms with Crippen LogP contribution < -0.4 is 10.6 Å². The highest BCUT2D eigenvalue weighted by Crippen LogP contribution is 2.10. The summed E-state index contributed by atoms with van der Waals surface area (Å²) in [4.78, 5) is 20.3. The van der Waals surface area contributed by atoms with E-state index in [9.17, 15) is 4.79 Å². The molecule has 1 heterocycles. The third-order valence-corrected chi connectivity index (χ3v) is 3.77. The Morgan fingerprint density at radius 1 is 1.22 bits per heavy atom. The Morgan fingerprint density at radius 3 is 2.48 bits per heavy atom. The maximum Gasteiger partial charge on any atom is 0.254 e. The summed E-state index contributed by atoms with van der Waals surface area (Å²) < 4.78 is 0. The number of hydrogen-bond acceptors (Lipinski definition) is 4. The molecule has 0 spiro atoms. The number of hydrogen-bond donors (Lipinski definition) is 2. The third-order valence-electron chi connectivity index (χ3n) is 3.51.